The second kappa shape index (κ2) is 6.39. The molecule has 1 unspecified atom stereocenters. The second-order valence-corrected chi connectivity index (χ2v) is 3.92. The molecule has 7 nitrogen and oxygen atoms in total. The fraction of sp³-hybridized carbons (Fsp3) is 0.250. The van der Waals surface area contributed by atoms with Crippen molar-refractivity contribution >= 4 is 17.9 Å². The van der Waals surface area contributed by atoms with Crippen molar-refractivity contribution in [3.63, 3.8) is 0 Å². The summed E-state index contributed by atoms with van der Waals surface area (Å²) in [5, 5.41) is 13.6. The molecular weight excluding hydrogens is 250 g/mol. The van der Waals surface area contributed by atoms with Gasteiger partial charge >= 0.3 is 12.0 Å². The lowest BCUT2D eigenvalue weighted by molar-refractivity contribution is -0.139. The van der Waals surface area contributed by atoms with E-state index in [1.165, 1.54) is 6.92 Å². The van der Waals surface area contributed by atoms with Crippen LogP contribution in [0, 0.1) is 0 Å². The third-order valence-corrected chi connectivity index (χ3v) is 2.43. The number of nitrogens with one attached hydrogen (secondary N) is 2. The van der Waals surface area contributed by atoms with Crippen molar-refractivity contribution in [2.24, 2.45) is 5.73 Å². The van der Waals surface area contributed by atoms with Crippen molar-refractivity contribution in [3.8, 4) is 0 Å². The molecule has 0 saturated carbocycles. The molecule has 1 rings (SSSR count). The van der Waals surface area contributed by atoms with Crippen LogP contribution in [-0.4, -0.2) is 29.1 Å². The first-order valence-corrected chi connectivity index (χ1v) is 5.56. The Morgan fingerprint density at radius 3 is 2.21 bits per heavy atom. The Kier molecular flexibility index (Phi) is 4.87. The van der Waals surface area contributed by atoms with E-state index in [0.29, 0.717) is 5.56 Å². The molecule has 0 saturated heterocycles. The normalized spacial score (nSPS) is 13.1. The van der Waals surface area contributed by atoms with Gasteiger partial charge in [-0.25, -0.2) is 9.59 Å². The number of benzene rings is 1. The van der Waals surface area contributed by atoms with Crippen molar-refractivity contribution in [3.05, 3.63) is 35.9 Å². The highest BCUT2D eigenvalue weighted by Crippen LogP contribution is 2.12. The van der Waals surface area contributed by atoms with Gasteiger partial charge in [-0.05, 0) is 12.5 Å². The molecule has 0 bridgehead atoms. The van der Waals surface area contributed by atoms with Crippen LogP contribution in [0.25, 0.3) is 0 Å². The average Bonchev–Trinajstić information content (AvgIpc) is 2.36. The molecule has 2 atom stereocenters. The van der Waals surface area contributed by atoms with Crippen molar-refractivity contribution in [2.45, 2.75) is 19.0 Å². The number of nitrogens with two attached hydrogens (primary N) is 1. The van der Waals surface area contributed by atoms with E-state index in [1.54, 1.807) is 30.3 Å². The number of aliphatic carboxylic acids is 1. The van der Waals surface area contributed by atoms with E-state index in [2.05, 4.69) is 10.6 Å². The average molecular weight is 265 g/mol. The number of primary amides is 1. The molecule has 0 fully saturated rings. The SMILES string of the molecule is CC(NC(=O)N[C@@H](C(=O)O)c1ccccc1)C(N)=O. The van der Waals surface area contributed by atoms with Crippen LogP contribution in [0.3, 0.4) is 0 Å². The molecule has 102 valence electrons. The number of carboxylic acids is 1. The number of urea groups is 1. The highest BCUT2D eigenvalue weighted by molar-refractivity contribution is 5.88. The molecule has 1 aromatic rings. The number of amides is 3. The zero-order valence-electron chi connectivity index (χ0n) is 10.3. The summed E-state index contributed by atoms with van der Waals surface area (Å²) in [6, 6.07) is 5.37. The monoisotopic (exact) mass is 265 g/mol. The van der Waals surface area contributed by atoms with Gasteiger partial charge in [0.25, 0.3) is 0 Å². The van der Waals surface area contributed by atoms with Crippen molar-refractivity contribution < 1.29 is 19.5 Å². The molecule has 0 radical (unpaired) electrons. The summed E-state index contributed by atoms with van der Waals surface area (Å²) < 4.78 is 0. The summed E-state index contributed by atoms with van der Waals surface area (Å²) >= 11 is 0. The first-order chi connectivity index (χ1) is 8.91. The lowest BCUT2D eigenvalue weighted by Crippen LogP contribution is -2.48. The Bertz CT molecular complexity index is 475. The number of carbonyl (C=O) groups is 3. The van der Waals surface area contributed by atoms with Gasteiger partial charge in [0, 0.05) is 0 Å². The topological polar surface area (TPSA) is 122 Å². The summed E-state index contributed by atoms with van der Waals surface area (Å²) in [4.78, 5) is 33.5. The van der Waals surface area contributed by atoms with Gasteiger partial charge in [-0.1, -0.05) is 30.3 Å². The molecule has 0 spiro atoms. The van der Waals surface area contributed by atoms with E-state index in [9.17, 15) is 14.4 Å². The highest BCUT2D eigenvalue weighted by Gasteiger charge is 2.23. The Labute approximate surface area is 109 Å². The quantitative estimate of drug-likeness (QED) is 0.598. The van der Waals surface area contributed by atoms with Crippen LogP contribution >= 0.6 is 0 Å². The maximum Gasteiger partial charge on any atom is 0.330 e. The van der Waals surface area contributed by atoms with Crippen molar-refractivity contribution in [1.29, 1.82) is 0 Å². The largest absolute Gasteiger partial charge is 0.479 e. The van der Waals surface area contributed by atoms with Crippen LogP contribution in [0.4, 0.5) is 4.79 Å². The van der Waals surface area contributed by atoms with Gasteiger partial charge < -0.3 is 21.5 Å². The molecule has 0 aliphatic carbocycles. The standard InChI is InChI=1S/C12H15N3O4/c1-7(10(13)16)14-12(19)15-9(11(17)18)8-5-3-2-4-6-8/h2-7,9H,1H3,(H2,13,16)(H,17,18)(H2,14,15,19)/t7?,9-/m1/s1. The van der Waals surface area contributed by atoms with Crippen LogP contribution in [0.2, 0.25) is 0 Å². The smallest absolute Gasteiger partial charge is 0.330 e. The van der Waals surface area contributed by atoms with Gasteiger partial charge in [0.05, 0.1) is 0 Å². The molecule has 1 aromatic carbocycles. The van der Waals surface area contributed by atoms with Gasteiger partial charge in [0.1, 0.15) is 6.04 Å². The van der Waals surface area contributed by atoms with Crippen molar-refractivity contribution in [2.75, 3.05) is 0 Å². The van der Waals surface area contributed by atoms with E-state index in [0.717, 1.165) is 0 Å². The van der Waals surface area contributed by atoms with Gasteiger partial charge in [0.2, 0.25) is 5.91 Å². The van der Waals surface area contributed by atoms with E-state index in [-0.39, 0.29) is 0 Å². The lowest BCUT2D eigenvalue weighted by atomic mass is 10.1. The van der Waals surface area contributed by atoms with E-state index >= 15 is 0 Å². The van der Waals surface area contributed by atoms with Crippen LogP contribution in [0.5, 0.6) is 0 Å². The Hall–Kier alpha value is -2.57. The lowest BCUT2D eigenvalue weighted by Gasteiger charge is -2.17. The first-order valence-electron chi connectivity index (χ1n) is 5.56. The Balaban J connectivity index is 2.73. The number of carbonyl (C=O) groups excluding carboxylic acids is 2. The molecule has 19 heavy (non-hydrogen) atoms. The predicted octanol–water partition coefficient (Wildman–Crippen LogP) is -0.0147. The van der Waals surface area contributed by atoms with Gasteiger partial charge in [-0.15, -0.1) is 0 Å². The number of hydrogen-bond donors (Lipinski definition) is 4. The molecular formula is C12H15N3O4. The Morgan fingerprint density at radius 1 is 1.16 bits per heavy atom. The third kappa shape index (κ3) is 4.30. The second-order valence-electron chi connectivity index (χ2n) is 3.92. The first kappa shape index (κ1) is 14.5. The van der Waals surface area contributed by atoms with Gasteiger partial charge in [0.15, 0.2) is 6.04 Å². The van der Waals surface area contributed by atoms with Crippen LogP contribution in [0.1, 0.15) is 18.5 Å². The summed E-state index contributed by atoms with van der Waals surface area (Å²) in [5.74, 6) is -1.91. The molecule has 7 heteroatoms. The minimum atomic E-state index is -1.20. The molecule has 3 amide bonds. The van der Waals surface area contributed by atoms with Crippen LogP contribution in [-0.2, 0) is 9.59 Å². The summed E-state index contributed by atoms with van der Waals surface area (Å²) in [6.45, 7) is 1.40. The minimum absolute atomic E-state index is 0.428. The van der Waals surface area contributed by atoms with E-state index in [1.807, 2.05) is 0 Å². The third-order valence-electron chi connectivity index (χ3n) is 2.43. The van der Waals surface area contributed by atoms with Crippen molar-refractivity contribution in [1.82, 2.24) is 10.6 Å². The number of rotatable bonds is 5. The van der Waals surface area contributed by atoms with E-state index < -0.39 is 30.0 Å². The zero-order valence-corrected chi connectivity index (χ0v) is 10.3. The Morgan fingerprint density at radius 2 is 1.74 bits per heavy atom. The minimum Gasteiger partial charge on any atom is -0.479 e. The van der Waals surface area contributed by atoms with Gasteiger partial charge in [-0.3, -0.25) is 4.79 Å². The van der Waals surface area contributed by atoms with Crippen LogP contribution in [0.15, 0.2) is 30.3 Å². The zero-order chi connectivity index (χ0) is 14.4. The molecule has 0 heterocycles. The summed E-state index contributed by atoms with van der Waals surface area (Å²) in [7, 11) is 0. The predicted molar refractivity (Wildman–Crippen MR) is 67.1 cm³/mol. The highest BCUT2D eigenvalue weighted by atomic mass is 16.4. The van der Waals surface area contributed by atoms with Crippen LogP contribution < -0.4 is 16.4 Å². The molecule has 5 N–H and O–H groups in total. The maximum atomic E-state index is 11.6. The fourth-order valence-electron chi connectivity index (χ4n) is 1.37. The molecule has 0 aromatic heterocycles. The maximum absolute atomic E-state index is 11.6. The van der Waals surface area contributed by atoms with Gasteiger partial charge in [-0.2, -0.15) is 0 Å². The summed E-state index contributed by atoms with van der Waals surface area (Å²) in [5.41, 5.74) is 5.42. The summed E-state index contributed by atoms with van der Waals surface area (Å²) in [6.07, 6.45) is 0. The molecule has 0 aliphatic heterocycles. The number of hydrogen-bond acceptors (Lipinski definition) is 3. The fourth-order valence-corrected chi connectivity index (χ4v) is 1.37. The van der Waals surface area contributed by atoms with E-state index in [4.69, 9.17) is 10.8 Å². The number of carboxylic acid groups (broad SMARTS) is 1. The molecule has 0 aliphatic rings.